The molecule has 5 heteroatoms. The number of fused-ring (bicyclic) bond motifs is 1. The lowest BCUT2D eigenvalue weighted by Crippen LogP contribution is -2.44. The molecular weight excluding hydrogens is 338 g/mol. The predicted octanol–water partition coefficient (Wildman–Crippen LogP) is 3.98. The van der Waals surface area contributed by atoms with E-state index < -0.39 is 0 Å². The zero-order chi connectivity index (χ0) is 18.6. The fourth-order valence-electron chi connectivity index (χ4n) is 3.78. The van der Waals surface area contributed by atoms with E-state index in [-0.39, 0.29) is 0 Å². The van der Waals surface area contributed by atoms with E-state index in [9.17, 15) is 0 Å². The summed E-state index contributed by atoms with van der Waals surface area (Å²) in [5.41, 5.74) is 3.15. The van der Waals surface area contributed by atoms with E-state index in [1.165, 1.54) is 5.56 Å². The number of methoxy groups -OCH3 is 1. The first-order valence-electron chi connectivity index (χ1n) is 9.66. The molecule has 0 amide bonds. The minimum atomic E-state index is 0.482. The van der Waals surface area contributed by atoms with Gasteiger partial charge in [-0.1, -0.05) is 24.3 Å². The van der Waals surface area contributed by atoms with E-state index >= 15 is 0 Å². The van der Waals surface area contributed by atoms with Crippen LogP contribution in [-0.4, -0.2) is 49.7 Å². The molecule has 0 bridgehead atoms. The maximum Gasteiger partial charge on any atom is 0.298 e. The van der Waals surface area contributed by atoms with Crippen LogP contribution in [0.3, 0.4) is 0 Å². The van der Waals surface area contributed by atoms with Gasteiger partial charge in [-0.3, -0.25) is 0 Å². The predicted molar refractivity (Wildman–Crippen MR) is 109 cm³/mol. The molecule has 142 valence electrons. The van der Waals surface area contributed by atoms with Crippen LogP contribution in [-0.2, 0) is 6.42 Å². The normalized spacial score (nSPS) is 15.9. The molecule has 1 saturated heterocycles. The quantitative estimate of drug-likeness (QED) is 0.661. The van der Waals surface area contributed by atoms with E-state index in [2.05, 4.69) is 34.0 Å². The Labute approximate surface area is 160 Å². The Morgan fingerprint density at radius 1 is 1.11 bits per heavy atom. The third kappa shape index (κ3) is 4.08. The van der Waals surface area contributed by atoms with E-state index in [0.717, 1.165) is 61.8 Å². The van der Waals surface area contributed by atoms with Gasteiger partial charge in [-0.15, -0.1) is 0 Å². The largest absolute Gasteiger partial charge is 0.497 e. The number of piperidine rings is 1. The summed E-state index contributed by atoms with van der Waals surface area (Å²) < 4.78 is 11.2. The number of hydrogen-bond donors (Lipinski definition) is 0. The van der Waals surface area contributed by atoms with Crippen molar-refractivity contribution in [3.63, 3.8) is 0 Å². The molecule has 0 radical (unpaired) electrons. The van der Waals surface area contributed by atoms with Crippen LogP contribution in [0.4, 0.5) is 6.01 Å². The average Bonchev–Trinajstić information content (AvgIpc) is 3.17. The molecule has 5 nitrogen and oxygen atoms in total. The average molecular weight is 365 g/mol. The van der Waals surface area contributed by atoms with Crippen molar-refractivity contribution in [3.8, 4) is 5.75 Å². The molecular formula is C22H27N3O2. The monoisotopic (exact) mass is 365 g/mol. The van der Waals surface area contributed by atoms with Crippen LogP contribution in [0.1, 0.15) is 18.4 Å². The van der Waals surface area contributed by atoms with Gasteiger partial charge in [0, 0.05) is 32.7 Å². The summed E-state index contributed by atoms with van der Waals surface area (Å²) in [4.78, 5) is 9.40. The molecule has 1 fully saturated rings. The second-order valence-electron chi connectivity index (χ2n) is 7.25. The number of aromatic nitrogens is 1. The Balaban J connectivity index is 1.29. The molecule has 1 aliphatic rings. The molecule has 3 aromatic rings. The third-order valence-corrected chi connectivity index (χ3v) is 5.56. The van der Waals surface area contributed by atoms with E-state index in [0.29, 0.717) is 6.04 Å². The van der Waals surface area contributed by atoms with Gasteiger partial charge in [0.2, 0.25) is 0 Å². The molecule has 0 unspecified atom stereocenters. The second kappa shape index (κ2) is 8.01. The maximum atomic E-state index is 5.93. The summed E-state index contributed by atoms with van der Waals surface area (Å²) in [7, 11) is 3.80. The van der Waals surface area contributed by atoms with Crippen LogP contribution in [0.5, 0.6) is 5.75 Å². The highest BCUT2D eigenvalue weighted by molar-refractivity contribution is 5.74. The first-order valence-corrected chi connectivity index (χ1v) is 9.66. The van der Waals surface area contributed by atoms with Crippen molar-refractivity contribution in [3.05, 3.63) is 54.1 Å². The number of oxazole rings is 1. The third-order valence-electron chi connectivity index (χ3n) is 5.56. The van der Waals surface area contributed by atoms with Crippen molar-refractivity contribution in [1.29, 1.82) is 0 Å². The van der Waals surface area contributed by atoms with E-state index in [1.54, 1.807) is 7.11 Å². The highest BCUT2D eigenvalue weighted by Gasteiger charge is 2.25. The lowest BCUT2D eigenvalue weighted by Gasteiger charge is -2.36. The molecule has 27 heavy (non-hydrogen) atoms. The van der Waals surface area contributed by atoms with Gasteiger partial charge in [0.25, 0.3) is 6.01 Å². The molecule has 2 aromatic carbocycles. The standard InChI is InChI=1S/C22H27N3O2/c1-24(22-23-20-5-3-4-6-21(20)27-22)18-12-15-25(16-13-18)14-11-17-7-9-19(26-2)10-8-17/h3-10,18H,11-16H2,1-2H3. The molecule has 4 rings (SSSR count). The van der Waals surface area contributed by atoms with Crippen molar-refractivity contribution >= 4 is 17.1 Å². The summed E-state index contributed by atoms with van der Waals surface area (Å²) in [5, 5.41) is 0. The van der Waals surface area contributed by atoms with Crippen LogP contribution < -0.4 is 9.64 Å². The minimum absolute atomic E-state index is 0.482. The van der Waals surface area contributed by atoms with Crippen molar-refractivity contribution < 1.29 is 9.15 Å². The van der Waals surface area contributed by atoms with Gasteiger partial charge in [0.1, 0.15) is 11.3 Å². The SMILES string of the molecule is COc1ccc(CCN2CCC(N(C)c3nc4ccccc4o3)CC2)cc1. The molecule has 0 aliphatic carbocycles. The summed E-state index contributed by atoms with van der Waals surface area (Å²) in [6.45, 7) is 3.34. The number of hydrogen-bond acceptors (Lipinski definition) is 5. The summed E-state index contributed by atoms with van der Waals surface area (Å²) in [6.07, 6.45) is 3.35. The lowest BCUT2D eigenvalue weighted by molar-refractivity contribution is 0.211. The molecule has 0 N–H and O–H groups in total. The van der Waals surface area contributed by atoms with Gasteiger partial charge in [-0.05, 0) is 49.1 Å². The number of nitrogens with zero attached hydrogens (tertiary/aromatic N) is 3. The number of benzene rings is 2. The Morgan fingerprint density at radius 3 is 2.56 bits per heavy atom. The smallest absolute Gasteiger partial charge is 0.298 e. The summed E-state index contributed by atoms with van der Waals surface area (Å²) in [5.74, 6) is 0.918. The van der Waals surface area contributed by atoms with Gasteiger partial charge in [-0.2, -0.15) is 4.98 Å². The van der Waals surface area contributed by atoms with Crippen LogP contribution in [0.2, 0.25) is 0 Å². The van der Waals surface area contributed by atoms with Gasteiger partial charge >= 0.3 is 0 Å². The molecule has 1 aromatic heterocycles. The number of likely N-dealkylation sites (tertiary alicyclic amines) is 1. The Morgan fingerprint density at radius 2 is 1.85 bits per heavy atom. The van der Waals surface area contributed by atoms with Crippen molar-refractivity contribution in [2.75, 3.05) is 38.7 Å². The highest BCUT2D eigenvalue weighted by Crippen LogP contribution is 2.25. The molecule has 0 saturated carbocycles. The summed E-state index contributed by atoms with van der Waals surface area (Å²) in [6, 6.07) is 17.6. The topological polar surface area (TPSA) is 41.7 Å². The Kier molecular flexibility index (Phi) is 5.30. The minimum Gasteiger partial charge on any atom is -0.497 e. The Bertz CT molecular complexity index is 834. The Hall–Kier alpha value is -2.53. The number of anilines is 1. The molecule has 0 atom stereocenters. The highest BCUT2D eigenvalue weighted by atomic mass is 16.5. The zero-order valence-corrected chi connectivity index (χ0v) is 16.1. The van der Waals surface area contributed by atoms with Crippen molar-refractivity contribution in [1.82, 2.24) is 9.88 Å². The number of ether oxygens (including phenoxy) is 1. The van der Waals surface area contributed by atoms with Gasteiger partial charge in [-0.25, -0.2) is 0 Å². The first-order chi connectivity index (χ1) is 13.2. The zero-order valence-electron chi connectivity index (χ0n) is 16.1. The number of para-hydroxylation sites is 2. The molecule has 0 spiro atoms. The van der Waals surface area contributed by atoms with Crippen LogP contribution in [0, 0.1) is 0 Å². The van der Waals surface area contributed by atoms with Gasteiger partial charge in [0.05, 0.1) is 7.11 Å². The molecule has 2 heterocycles. The molecule has 1 aliphatic heterocycles. The summed E-state index contributed by atoms with van der Waals surface area (Å²) >= 11 is 0. The van der Waals surface area contributed by atoms with Crippen LogP contribution >= 0.6 is 0 Å². The second-order valence-corrected chi connectivity index (χ2v) is 7.25. The fourth-order valence-corrected chi connectivity index (χ4v) is 3.78. The van der Waals surface area contributed by atoms with Gasteiger partial charge in [0.15, 0.2) is 5.58 Å². The van der Waals surface area contributed by atoms with E-state index in [1.807, 2.05) is 36.4 Å². The van der Waals surface area contributed by atoms with Crippen LogP contribution in [0.15, 0.2) is 52.9 Å². The van der Waals surface area contributed by atoms with E-state index in [4.69, 9.17) is 9.15 Å². The number of rotatable bonds is 6. The first kappa shape index (κ1) is 17.9. The van der Waals surface area contributed by atoms with Crippen LogP contribution in [0.25, 0.3) is 11.1 Å². The lowest BCUT2D eigenvalue weighted by atomic mass is 10.0. The fraction of sp³-hybridized carbons (Fsp3) is 0.409. The van der Waals surface area contributed by atoms with Crippen molar-refractivity contribution in [2.24, 2.45) is 0 Å². The van der Waals surface area contributed by atoms with Crippen molar-refractivity contribution in [2.45, 2.75) is 25.3 Å². The maximum absolute atomic E-state index is 5.93. The van der Waals surface area contributed by atoms with Gasteiger partial charge < -0.3 is 19.0 Å².